The first-order valence-corrected chi connectivity index (χ1v) is 6.02. The molecule has 0 bridgehead atoms. The van der Waals surface area contributed by atoms with Crippen LogP contribution in [-0.4, -0.2) is 19.8 Å². The molecule has 2 rings (SSSR count). The number of para-hydroxylation sites is 1. The van der Waals surface area contributed by atoms with Crippen LogP contribution in [0.2, 0.25) is 0 Å². The van der Waals surface area contributed by atoms with Crippen LogP contribution in [0.25, 0.3) is 0 Å². The number of aromatic nitrogens is 3. The zero-order valence-electron chi connectivity index (χ0n) is 9.67. The van der Waals surface area contributed by atoms with Crippen molar-refractivity contribution in [3.05, 3.63) is 30.3 Å². The predicted octanol–water partition coefficient (Wildman–Crippen LogP) is 0.333. The van der Waals surface area contributed by atoms with Gasteiger partial charge in [-0.3, -0.25) is 0 Å². The van der Waals surface area contributed by atoms with Gasteiger partial charge in [-0.05, 0) is 12.1 Å². The predicted molar refractivity (Wildman–Crippen MR) is 70.0 cm³/mol. The van der Waals surface area contributed by atoms with Gasteiger partial charge in [0, 0.05) is 4.57 Å². The van der Waals surface area contributed by atoms with Gasteiger partial charge in [0.15, 0.2) is 5.75 Å². The zero-order valence-corrected chi connectivity index (χ0v) is 10.6. The van der Waals surface area contributed by atoms with Crippen LogP contribution in [0.4, 0.5) is 17.8 Å². The summed E-state index contributed by atoms with van der Waals surface area (Å²) in [5.74, 6) is 0.533. The monoisotopic (exact) mass is 283 g/mol. The lowest BCUT2D eigenvalue weighted by molar-refractivity contribution is 0.410. The van der Waals surface area contributed by atoms with Gasteiger partial charge in [-0.15, -0.1) is 4.89 Å². The third kappa shape index (κ3) is 6.10. The molecule has 10 heteroatoms. The van der Waals surface area contributed by atoms with Crippen molar-refractivity contribution >= 4 is 26.1 Å². The van der Waals surface area contributed by atoms with E-state index in [0.717, 1.165) is 0 Å². The number of rotatable bonds is 2. The first-order chi connectivity index (χ1) is 8.97. The Morgan fingerprint density at radius 2 is 1.37 bits per heavy atom. The molecule has 0 saturated heterocycles. The van der Waals surface area contributed by atoms with Crippen molar-refractivity contribution in [1.82, 2.24) is 15.0 Å². The quantitative estimate of drug-likeness (QED) is 0.568. The van der Waals surface area contributed by atoms with Gasteiger partial charge in [-0.1, -0.05) is 18.2 Å². The summed E-state index contributed by atoms with van der Waals surface area (Å²) < 4.78 is 14.6. The standard InChI is InChI=1S/C6H5O3P.C3H6N6/c7-10(8)9-6-4-2-1-3-5-6;4-1-7-2(5)9-3(6)8-1/h1-5H;(H6,4,5,6,7,8,9)/p+1. The molecule has 0 aliphatic heterocycles. The molecule has 0 spiro atoms. The van der Waals surface area contributed by atoms with Crippen LogP contribution >= 0.6 is 8.25 Å². The summed E-state index contributed by atoms with van der Waals surface area (Å²) in [6.45, 7) is 0. The van der Waals surface area contributed by atoms with Gasteiger partial charge in [0.05, 0.1) is 0 Å². The van der Waals surface area contributed by atoms with E-state index >= 15 is 0 Å². The van der Waals surface area contributed by atoms with E-state index in [1.54, 1.807) is 30.3 Å². The van der Waals surface area contributed by atoms with Crippen LogP contribution in [0.1, 0.15) is 0 Å². The van der Waals surface area contributed by atoms with Crippen molar-refractivity contribution < 1.29 is 14.0 Å². The highest BCUT2D eigenvalue weighted by Gasteiger charge is 2.12. The van der Waals surface area contributed by atoms with Gasteiger partial charge < -0.3 is 17.2 Å². The van der Waals surface area contributed by atoms with Crippen LogP contribution in [0.5, 0.6) is 5.75 Å². The van der Waals surface area contributed by atoms with Crippen LogP contribution < -0.4 is 21.7 Å². The molecule has 0 radical (unpaired) electrons. The highest BCUT2D eigenvalue weighted by atomic mass is 31.1. The second-order valence-corrected chi connectivity index (χ2v) is 3.71. The average molecular weight is 283 g/mol. The molecule has 0 saturated carbocycles. The average Bonchev–Trinajstić information content (AvgIpc) is 2.28. The summed E-state index contributed by atoms with van der Waals surface area (Å²) in [4.78, 5) is 18.8. The minimum atomic E-state index is -2.53. The van der Waals surface area contributed by atoms with E-state index < -0.39 is 8.25 Å². The molecular formula is C9H12N6O3P+. The van der Waals surface area contributed by atoms with Gasteiger partial charge in [0.25, 0.3) is 0 Å². The minimum Gasteiger partial charge on any atom is -0.368 e. The lowest BCUT2D eigenvalue weighted by Gasteiger charge is -1.93. The molecule has 0 amide bonds. The van der Waals surface area contributed by atoms with Crippen molar-refractivity contribution in [2.24, 2.45) is 0 Å². The lowest BCUT2D eigenvalue weighted by atomic mass is 10.3. The summed E-state index contributed by atoms with van der Waals surface area (Å²) >= 11 is 0. The number of nitrogens with two attached hydrogens (primary N) is 3. The van der Waals surface area contributed by atoms with Gasteiger partial charge >= 0.3 is 8.25 Å². The summed E-state index contributed by atoms with van der Waals surface area (Å²) in [6.07, 6.45) is 0. The molecule has 2 aromatic rings. The SMILES string of the molecule is Nc1nc(N)nc(N)n1.O=[P+](O)Oc1ccccc1. The summed E-state index contributed by atoms with van der Waals surface area (Å²) in [6, 6.07) is 8.49. The van der Waals surface area contributed by atoms with E-state index in [4.69, 9.17) is 22.1 Å². The molecule has 1 unspecified atom stereocenters. The fourth-order valence-corrected chi connectivity index (χ4v) is 1.30. The van der Waals surface area contributed by atoms with Crippen LogP contribution in [0.15, 0.2) is 30.3 Å². The summed E-state index contributed by atoms with van der Waals surface area (Å²) in [5, 5.41) is 0. The van der Waals surface area contributed by atoms with Gasteiger partial charge in [0.1, 0.15) is 0 Å². The molecule has 0 aliphatic carbocycles. The Kier molecular flexibility index (Phi) is 5.39. The second-order valence-electron chi connectivity index (χ2n) is 3.05. The molecule has 19 heavy (non-hydrogen) atoms. The van der Waals surface area contributed by atoms with E-state index in [0.29, 0.717) is 5.75 Å². The Bertz CT molecular complexity index is 502. The molecule has 1 aromatic carbocycles. The van der Waals surface area contributed by atoms with Gasteiger partial charge in [0.2, 0.25) is 17.8 Å². The van der Waals surface area contributed by atoms with E-state index in [1.165, 1.54) is 0 Å². The van der Waals surface area contributed by atoms with E-state index in [2.05, 4.69) is 19.5 Å². The molecule has 7 N–H and O–H groups in total. The Hall–Kier alpha value is -2.51. The van der Waals surface area contributed by atoms with Crippen LogP contribution in [0, 0.1) is 0 Å². The van der Waals surface area contributed by atoms with Crippen LogP contribution in [0.3, 0.4) is 0 Å². The van der Waals surface area contributed by atoms with E-state index in [1.807, 2.05) is 0 Å². The van der Waals surface area contributed by atoms with Crippen molar-refractivity contribution in [2.45, 2.75) is 0 Å². The lowest BCUT2D eigenvalue weighted by Crippen LogP contribution is -2.05. The minimum absolute atomic E-state index is 0.0417. The molecule has 0 fully saturated rings. The third-order valence-electron chi connectivity index (χ3n) is 1.61. The largest absolute Gasteiger partial charge is 0.747 e. The highest BCUT2D eigenvalue weighted by Crippen LogP contribution is 2.21. The van der Waals surface area contributed by atoms with E-state index in [9.17, 15) is 4.57 Å². The molecule has 9 nitrogen and oxygen atoms in total. The third-order valence-corrected chi connectivity index (χ3v) is 1.98. The number of hydrogen-bond acceptors (Lipinski definition) is 8. The fraction of sp³-hybridized carbons (Fsp3) is 0. The van der Waals surface area contributed by atoms with Gasteiger partial charge in [-0.2, -0.15) is 15.0 Å². The Morgan fingerprint density at radius 1 is 0.947 bits per heavy atom. The van der Waals surface area contributed by atoms with Gasteiger partial charge in [-0.25, -0.2) is 4.52 Å². The molecule has 1 aromatic heterocycles. The molecule has 100 valence electrons. The smallest absolute Gasteiger partial charge is 0.368 e. The number of anilines is 3. The number of benzene rings is 1. The highest BCUT2D eigenvalue weighted by molar-refractivity contribution is 7.32. The second kappa shape index (κ2) is 7.04. The van der Waals surface area contributed by atoms with E-state index in [-0.39, 0.29) is 17.8 Å². The summed E-state index contributed by atoms with van der Waals surface area (Å²) in [5.41, 5.74) is 15.4. The summed E-state index contributed by atoms with van der Waals surface area (Å²) in [7, 11) is -2.53. The maximum atomic E-state index is 10.1. The number of nitrogen functional groups attached to an aromatic ring is 3. The molecule has 1 atom stereocenters. The van der Waals surface area contributed by atoms with Crippen molar-refractivity contribution in [1.29, 1.82) is 0 Å². The topological polar surface area (TPSA) is 163 Å². The number of hydrogen-bond donors (Lipinski definition) is 4. The normalized spacial score (nSPS) is 10.1. The van der Waals surface area contributed by atoms with Crippen molar-refractivity contribution in [3.8, 4) is 5.75 Å². The first kappa shape index (κ1) is 14.6. The number of nitrogens with zero attached hydrogens (tertiary/aromatic N) is 3. The Labute approximate surface area is 109 Å². The molecular weight excluding hydrogens is 271 g/mol. The Morgan fingerprint density at radius 3 is 1.74 bits per heavy atom. The maximum Gasteiger partial charge on any atom is 0.747 e. The fourth-order valence-electron chi connectivity index (χ4n) is 0.999. The Balaban J connectivity index is 0.000000191. The maximum absolute atomic E-state index is 10.1. The van der Waals surface area contributed by atoms with Crippen molar-refractivity contribution in [2.75, 3.05) is 17.2 Å². The zero-order chi connectivity index (χ0) is 14.3. The van der Waals surface area contributed by atoms with Crippen LogP contribution in [-0.2, 0) is 4.57 Å². The first-order valence-electron chi connectivity index (χ1n) is 4.89. The van der Waals surface area contributed by atoms with Crippen molar-refractivity contribution in [3.63, 3.8) is 0 Å². The molecule has 0 aliphatic rings. The molecule has 1 heterocycles.